The molecule has 14 heavy (non-hydrogen) atoms. The molecule has 0 aromatic rings. The normalized spacial score (nSPS) is 11.6. The van der Waals surface area contributed by atoms with Crippen molar-refractivity contribution in [1.82, 2.24) is 0 Å². The lowest BCUT2D eigenvalue weighted by Crippen LogP contribution is -2.25. The Morgan fingerprint density at radius 2 is 1.43 bits per heavy atom. The smallest absolute Gasteiger partial charge is 0.0825 e. The van der Waals surface area contributed by atoms with Gasteiger partial charge in [-0.2, -0.15) is 0 Å². The van der Waals surface area contributed by atoms with E-state index in [1.807, 2.05) is 0 Å². The first-order valence-corrected chi connectivity index (χ1v) is 6.04. The van der Waals surface area contributed by atoms with E-state index in [0.717, 1.165) is 25.7 Å². The minimum Gasteiger partial charge on any atom is -0.386 e. The zero-order valence-corrected chi connectivity index (χ0v) is 9.89. The summed E-state index contributed by atoms with van der Waals surface area (Å²) in [7, 11) is 0. The average molecular weight is 198 g/mol. The molecule has 0 unspecified atom stereocenters. The van der Waals surface area contributed by atoms with Gasteiger partial charge in [-0.15, -0.1) is 6.58 Å². The first-order valence-electron chi connectivity index (χ1n) is 6.04. The SMILES string of the molecule is C=CC(O)(CCCCC)CCCCC. The third kappa shape index (κ3) is 6.20. The lowest BCUT2D eigenvalue weighted by molar-refractivity contribution is 0.0669. The van der Waals surface area contributed by atoms with Crippen LogP contribution in [0.5, 0.6) is 0 Å². The molecule has 0 aromatic carbocycles. The fourth-order valence-corrected chi connectivity index (χ4v) is 1.69. The molecular weight excluding hydrogens is 172 g/mol. The van der Waals surface area contributed by atoms with Crippen molar-refractivity contribution in [2.75, 3.05) is 0 Å². The molecule has 0 aliphatic heterocycles. The van der Waals surface area contributed by atoms with E-state index in [2.05, 4.69) is 20.4 Å². The minimum absolute atomic E-state index is 0.593. The fraction of sp³-hybridized carbons (Fsp3) is 0.846. The molecule has 0 atom stereocenters. The van der Waals surface area contributed by atoms with Gasteiger partial charge in [0.05, 0.1) is 5.60 Å². The average Bonchev–Trinajstić information content (AvgIpc) is 2.19. The van der Waals surface area contributed by atoms with Gasteiger partial charge in [0.15, 0.2) is 0 Å². The number of unbranched alkanes of at least 4 members (excludes halogenated alkanes) is 4. The third-order valence-electron chi connectivity index (χ3n) is 2.81. The molecule has 1 N–H and O–H groups in total. The molecule has 0 saturated carbocycles. The van der Waals surface area contributed by atoms with Gasteiger partial charge >= 0.3 is 0 Å². The van der Waals surface area contributed by atoms with Crippen molar-refractivity contribution < 1.29 is 5.11 Å². The third-order valence-corrected chi connectivity index (χ3v) is 2.81. The highest BCUT2D eigenvalue weighted by Crippen LogP contribution is 2.23. The highest BCUT2D eigenvalue weighted by molar-refractivity contribution is 4.95. The van der Waals surface area contributed by atoms with Crippen molar-refractivity contribution in [3.63, 3.8) is 0 Å². The highest BCUT2D eigenvalue weighted by Gasteiger charge is 2.20. The van der Waals surface area contributed by atoms with Crippen LogP contribution in [0.25, 0.3) is 0 Å². The van der Waals surface area contributed by atoms with Crippen LogP contribution in [0.4, 0.5) is 0 Å². The van der Waals surface area contributed by atoms with Crippen LogP contribution in [-0.2, 0) is 0 Å². The molecule has 0 aliphatic rings. The maximum absolute atomic E-state index is 10.2. The number of rotatable bonds is 9. The summed E-state index contributed by atoms with van der Waals surface area (Å²) >= 11 is 0. The second-order valence-electron chi connectivity index (χ2n) is 4.22. The molecule has 0 aliphatic carbocycles. The predicted molar refractivity (Wildman–Crippen MR) is 63.4 cm³/mol. The topological polar surface area (TPSA) is 20.2 Å². The second-order valence-corrected chi connectivity index (χ2v) is 4.22. The van der Waals surface area contributed by atoms with Crippen molar-refractivity contribution in [1.29, 1.82) is 0 Å². The molecule has 0 saturated heterocycles. The van der Waals surface area contributed by atoms with E-state index in [1.54, 1.807) is 6.08 Å². The van der Waals surface area contributed by atoms with Crippen LogP contribution in [0.15, 0.2) is 12.7 Å². The van der Waals surface area contributed by atoms with Gasteiger partial charge in [-0.3, -0.25) is 0 Å². The summed E-state index contributed by atoms with van der Waals surface area (Å²) in [6, 6.07) is 0. The van der Waals surface area contributed by atoms with E-state index in [1.165, 1.54) is 25.7 Å². The van der Waals surface area contributed by atoms with Crippen molar-refractivity contribution in [3.8, 4) is 0 Å². The van der Waals surface area contributed by atoms with Gasteiger partial charge in [0, 0.05) is 0 Å². The van der Waals surface area contributed by atoms with E-state index in [4.69, 9.17) is 0 Å². The molecule has 0 radical (unpaired) electrons. The Labute approximate surface area is 89.2 Å². The molecule has 0 fully saturated rings. The Kier molecular flexibility index (Phi) is 7.87. The van der Waals surface area contributed by atoms with E-state index in [9.17, 15) is 5.11 Å². The van der Waals surface area contributed by atoms with E-state index >= 15 is 0 Å². The monoisotopic (exact) mass is 198 g/mol. The van der Waals surface area contributed by atoms with E-state index < -0.39 is 5.60 Å². The molecule has 1 heteroatoms. The van der Waals surface area contributed by atoms with Crippen molar-refractivity contribution in [3.05, 3.63) is 12.7 Å². The van der Waals surface area contributed by atoms with E-state index in [0.29, 0.717) is 0 Å². The summed E-state index contributed by atoms with van der Waals surface area (Å²) in [6.07, 6.45) is 10.6. The van der Waals surface area contributed by atoms with Crippen molar-refractivity contribution in [2.45, 2.75) is 70.8 Å². The standard InChI is InChI=1S/C13H26O/c1-4-7-9-11-13(14,6-3)12-10-8-5-2/h6,14H,3-5,7-12H2,1-2H3. The van der Waals surface area contributed by atoms with Crippen LogP contribution in [0, 0.1) is 0 Å². The number of aliphatic hydroxyl groups is 1. The minimum atomic E-state index is -0.593. The van der Waals surface area contributed by atoms with E-state index in [-0.39, 0.29) is 0 Å². The first-order chi connectivity index (χ1) is 6.68. The summed E-state index contributed by atoms with van der Waals surface area (Å²) < 4.78 is 0. The summed E-state index contributed by atoms with van der Waals surface area (Å²) in [6.45, 7) is 8.11. The quantitative estimate of drug-likeness (QED) is 0.437. The van der Waals surface area contributed by atoms with Crippen LogP contribution in [0.3, 0.4) is 0 Å². The molecule has 0 aromatic heterocycles. The van der Waals surface area contributed by atoms with Crippen molar-refractivity contribution in [2.24, 2.45) is 0 Å². The van der Waals surface area contributed by atoms with Crippen molar-refractivity contribution >= 4 is 0 Å². The lowest BCUT2D eigenvalue weighted by atomic mass is 9.90. The van der Waals surface area contributed by atoms with Gasteiger partial charge in [-0.25, -0.2) is 0 Å². The summed E-state index contributed by atoms with van der Waals surface area (Å²) in [5.74, 6) is 0. The van der Waals surface area contributed by atoms with Crippen LogP contribution >= 0.6 is 0 Å². The van der Waals surface area contributed by atoms with Gasteiger partial charge in [0.2, 0.25) is 0 Å². The second kappa shape index (κ2) is 8.05. The van der Waals surface area contributed by atoms with Crippen LogP contribution in [0.2, 0.25) is 0 Å². The molecular formula is C13H26O. The lowest BCUT2D eigenvalue weighted by Gasteiger charge is -2.24. The van der Waals surface area contributed by atoms with Gasteiger partial charge in [0.1, 0.15) is 0 Å². The maximum Gasteiger partial charge on any atom is 0.0825 e. The van der Waals surface area contributed by atoms with Crippen LogP contribution < -0.4 is 0 Å². The van der Waals surface area contributed by atoms with Gasteiger partial charge in [0.25, 0.3) is 0 Å². The Morgan fingerprint density at radius 3 is 1.71 bits per heavy atom. The largest absolute Gasteiger partial charge is 0.386 e. The Bertz CT molecular complexity index is 130. The Hall–Kier alpha value is -0.300. The zero-order valence-electron chi connectivity index (χ0n) is 9.89. The summed E-state index contributed by atoms with van der Waals surface area (Å²) in [4.78, 5) is 0. The van der Waals surface area contributed by atoms with Crippen LogP contribution in [-0.4, -0.2) is 10.7 Å². The molecule has 0 rings (SSSR count). The molecule has 84 valence electrons. The molecule has 1 nitrogen and oxygen atoms in total. The molecule has 0 amide bonds. The maximum atomic E-state index is 10.2. The highest BCUT2D eigenvalue weighted by atomic mass is 16.3. The first kappa shape index (κ1) is 13.7. The fourth-order valence-electron chi connectivity index (χ4n) is 1.69. The Balaban J connectivity index is 3.73. The predicted octanol–water partition coefficient (Wildman–Crippen LogP) is 4.06. The zero-order chi connectivity index (χ0) is 10.9. The summed E-state index contributed by atoms with van der Waals surface area (Å²) in [5.41, 5.74) is -0.593. The van der Waals surface area contributed by atoms with Gasteiger partial charge in [-0.1, -0.05) is 58.4 Å². The summed E-state index contributed by atoms with van der Waals surface area (Å²) in [5, 5.41) is 10.2. The van der Waals surface area contributed by atoms with Gasteiger partial charge < -0.3 is 5.11 Å². The molecule has 0 heterocycles. The number of hydrogen-bond donors (Lipinski definition) is 1. The molecule has 0 spiro atoms. The Morgan fingerprint density at radius 1 is 1.00 bits per heavy atom. The van der Waals surface area contributed by atoms with Crippen LogP contribution in [0.1, 0.15) is 65.2 Å². The molecule has 0 bridgehead atoms. The van der Waals surface area contributed by atoms with Gasteiger partial charge in [-0.05, 0) is 12.8 Å². The number of hydrogen-bond acceptors (Lipinski definition) is 1.